The Morgan fingerprint density at radius 1 is 0.569 bits per heavy atom. The number of imidazole rings is 2. The van der Waals surface area contributed by atoms with Crippen LogP contribution in [-0.4, -0.2) is 65.9 Å². The molecule has 8 rings (SSSR count). The minimum absolute atomic E-state index is 0.0579. The summed E-state index contributed by atoms with van der Waals surface area (Å²) < 4.78 is 61.3. The fraction of sp³-hybridized carbons (Fsp3) is 0.244. The van der Waals surface area contributed by atoms with E-state index in [1.54, 1.807) is 64.7 Å². The summed E-state index contributed by atoms with van der Waals surface area (Å²) in [6.07, 6.45) is 0.648. The number of nitrogens with zero attached hydrogens (tertiary/aromatic N) is 8. The molecule has 0 fully saturated rings. The Morgan fingerprint density at radius 2 is 1.02 bits per heavy atom. The van der Waals surface area contributed by atoms with Gasteiger partial charge in [-0.2, -0.15) is 0 Å². The normalized spacial score (nSPS) is 11.1. The maximum Gasteiger partial charge on any atom is 0.332 e. The number of aliphatic hydroxyl groups is 2. The molecule has 3 N–H and O–H groups in total. The maximum absolute atomic E-state index is 14.3. The van der Waals surface area contributed by atoms with Gasteiger partial charge in [0.25, 0.3) is 11.1 Å². The first-order valence-corrected chi connectivity index (χ1v) is 20.9. The van der Waals surface area contributed by atoms with Crippen molar-refractivity contribution >= 4 is 38.3 Å². The number of aromatic nitrogens is 8. The Morgan fingerprint density at radius 3 is 1.48 bits per heavy atom. The number of aryl methyl sites for hydroxylation is 2. The summed E-state index contributed by atoms with van der Waals surface area (Å²) in [6.45, 7) is 0.381. The highest BCUT2D eigenvalue weighted by Crippen LogP contribution is 2.21. The third-order valence-electron chi connectivity index (χ3n) is 10.2. The van der Waals surface area contributed by atoms with E-state index in [0.717, 1.165) is 20.3 Å². The summed E-state index contributed by atoms with van der Waals surface area (Å²) in [6, 6.07) is 23.6. The smallest absolute Gasteiger partial charge is 0.332 e. The number of hydrogen-bond acceptors (Lipinski definition) is 9. The minimum Gasteiger partial charge on any atom is -0.505 e. The average Bonchev–Trinajstić information content (AvgIpc) is 3.82. The summed E-state index contributed by atoms with van der Waals surface area (Å²) in [5.74, 6) is -1.60. The van der Waals surface area contributed by atoms with Crippen molar-refractivity contribution in [2.75, 3.05) is 13.2 Å². The summed E-state index contributed by atoms with van der Waals surface area (Å²) in [4.78, 5) is 60.0. The predicted molar refractivity (Wildman–Crippen MR) is 238 cm³/mol. The fourth-order valence-electron chi connectivity index (χ4n) is 6.87. The third-order valence-corrected chi connectivity index (χ3v) is 10.8. The average molecular weight is 964 g/mol. The van der Waals surface area contributed by atoms with E-state index in [0.29, 0.717) is 29.1 Å². The van der Waals surface area contributed by atoms with Crippen LogP contribution < -0.4 is 22.5 Å². The van der Waals surface area contributed by atoms with Gasteiger partial charge in [0.2, 0.25) is 0 Å². The van der Waals surface area contributed by atoms with Crippen LogP contribution in [0.2, 0.25) is 0 Å². The molecule has 0 saturated heterocycles. The molecule has 65 heavy (non-hydrogen) atoms. The SMILES string of the molecule is Cn1c(=O)n(CCCO)c(=O)c2c1nc(Br)n2Cc1ccc(F)cc1.Cn1c(=O)n(CCCO)c(=O)c2c1nc(Cc1ccccc1F)n2Cc1ccc(F)cc1.Oc1ccccc1F. The van der Waals surface area contributed by atoms with Crippen molar-refractivity contribution in [2.24, 2.45) is 14.1 Å². The van der Waals surface area contributed by atoms with Crippen molar-refractivity contribution in [1.82, 2.24) is 37.4 Å². The quantitative estimate of drug-likeness (QED) is 0.113. The van der Waals surface area contributed by atoms with E-state index in [2.05, 4.69) is 25.9 Å². The van der Waals surface area contributed by atoms with E-state index in [-0.39, 0.29) is 85.4 Å². The number of para-hydroxylation sites is 1. The van der Waals surface area contributed by atoms with Crippen LogP contribution in [0, 0.1) is 23.3 Å². The zero-order valence-electron chi connectivity index (χ0n) is 35.0. The van der Waals surface area contributed by atoms with E-state index < -0.39 is 34.1 Å². The lowest BCUT2D eigenvalue weighted by Crippen LogP contribution is -2.40. The molecule has 0 saturated carbocycles. The summed E-state index contributed by atoms with van der Waals surface area (Å²) >= 11 is 3.33. The highest BCUT2D eigenvalue weighted by Gasteiger charge is 2.22. The number of benzene rings is 4. The molecule has 0 aliphatic carbocycles. The van der Waals surface area contributed by atoms with Crippen LogP contribution in [0.3, 0.4) is 0 Å². The van der Waals surface area contributed by atoms with Gasteiger partial charge in [-0.15, -0.1) is 0 Å². The monoisotopic (exact) mass is 962 g/mol. The van der Waals surface area contributed by atoms with E-state index in [4.69, 9.17) is 15.3 Å². The molecule has 0 amide bonds. The van der Waals surface area contributed by atoms with Crippen molar-refractivity contribution in [3.63, 3.8) is 0 Å². The molecule has 4 aromatic carbocycles. The lowest BCUT2D eigenvalue weighted by molar-refractivity contribution is 0.277. The van der Waals surface area contributed by atoms with E-state index in [1.165, 1.54) is 64.7 Å². The Kier molecular flexibility index (Phi) is 15.5. The van der Waals surface area contributed by atoms with Crippen LogP contribution in [0.25, 0.3) is 22.3 Å². The number of halogens is 5. The van der Waals surface area contributed by atoms with Gasteiger partial charge in [-0.3, -0.25) is 27.9 Å². The Bertz CT molecular complexity index is 3180. The first-order valence-electron chi connectivity index (χ1n) is 20.1. The lowest BCUT2D eigenvalue weighted by atomic mass is 10.1. The number of phenolic OH excluding ortho intramolecular Hbond substituents is 1. The van der Waals surface area contributed by atoms with Crippen molar-refractivity contribution in [2.45, 2.75) is 45.4 Å². The van der Waals surface area contributed by atoms with Crippen molar-refractivity contribution < 1.29 is 32.9 Å². The van der Waals surface area contributed by atoms with Crippen LogP contribution in [0.1, 0.15) is 35.4 Å². The van der Waals surface area contributed by atoms with Gasteiger partial charge >= 0.3 is 11.4 Å². The molecule has 4 heterocycles. The summed E-state index contributed by atoms with van der Waals surface area (Å²) in [5.41, 5.74) is 0.804. The number of aromatic hydroxyl groups is 1. The van der Waals surface area contributed by atoms with Gasteiger partial charge in [0.15, 0.2) is 38.6 Å². The van der Waals surface area contributed by atoms with Crippen LogP contribution >= 0.6 is 15.9 Å². The van der Waals surface area contributed by atoms with Gasteiger partial charge in [0, 0.05) is 53.4 Å². The molecule has 0 bridgehead atoms. The van der Waals surface area contributed by atoms with Gasteiger partial charge in [-0.1, -0.05) is 54.6 Å². The van der Waals surface area contributed by atoms with Crippen LogP contribution in [0.15, 0.2) is 121 Å². The minimum atomic E-state index is -0.576. The molecular formula is C45H43BrF4N8O7. The Balaban J connectivity index is 0.000000188. The first kappa shape index (κ1) is 47.6. The van der Waals surface area contributed by atoms with E-state index in [9.17, 15) is 36.7 Å². The summed E-state index contributed by atoms with van der Waals surface area (Å²) in [7, 11) is 3.06. The largest absolute Gasteiger partial charge is 0.505 e. The van der Waals surface area contributed by atoms with Gasteiger partial charge in [0.05, 0.1) is 6.54 Å². The molecule has 340 valence electrons. The number of phenols is 1. The van der Waals surface area contributed by atoms with Gasteiger partial charge in [-0.05, 0) is 87.9 Å². The number of fused-ring (bicyclic) bond motifs is 2. The molecular weight excluding hydrogens is 920 g/mol. The highest BCUT2D eigenvalue weighted by molar-refractivity contribution is 9.10. The van der Waals surface area contributed by atoms with Crippen molar-refractivity contribution in [3.8, 4) is 5.75 Å². The van der Waals surface area contributed by atoms with Crippen molar-refractivity contribution in [1.29, 1.82) is 0 Å². The number of hydrogen-bond donors (Lipinski definition) is 3. The second kappa shape index (κ2) is 21.2. The van der Waals surface area contributed by atoms with Crippen molar-refractivity contribution in [3.05, 3.63) is 189 Å². The predicted octanol–water partition coefficient (Wildman–Crippen LogP) is 4.96. The molecule has 20 heteroatoms. The highest BCUT2D eigenvalue weighted by atomic mass is 79.9. The van der Waals surface area contributed by atoms with E-state index in [1.807, 2.05) is 0 Å². The number of aliphatic hydroxyl groups excluding tert-OH is 2. The molecule has 0 aliphatic rings. The molecule has 0 radical (unpaired) electrons. The lowest BCUT2D eigenvalue weighted by Gasteiger charge is -2.11. The van der Waals surface area contributed by atoms with E-state index >= 15 is 0 Å². The number of rotatable bonds is 12. The van der Waals surface area contributed by atoms with Crippen LogP contribution in [0.5, 0.6) is 5.75 Å². The molecule has 4 aromatic heterocycles. The molecule has 0 unspecified atom stereocenters. The first-order chi connectivity index (χ1) is 31.1. The molecule has 0 spiro atoms. The third kappa shape index (κ3) is 10.7. The van der Waals surface area contributed by atoms with Gasteiger partial charge in [0.1, 0.15) is 23.3 Å². The summed E-state index contributed by atoms with van der Waals surface area (Å²) in [5, 5.41) is 26.7. The second-order valence-corrected chi connectivity index (χ2v) is 15.4. The molecule has 0 atom stereocenters. The maximum atomic E-state index is 14.3. The zero-order valence-corrected chi connectivity index (χ0v) is 36.6. The topological polar surface area (TPSA) is 184 Å². The van der Waals surface area contributed by atoms with Crippen LogP contribution in [0.4, 0.5) is 17.6 Å². The zero-order chi connectivity index (χ0) is 46.9. The van der Waals surface area contributed by atoms with Crippen LogP contribution in [-0.2, 0) is 46.7 Å². The molecule has 8 aromatic rings. The second-order valence-electron chi connectivity index (χ2n) is 14.6. The Labute approximate surface area is 375 Å². The van der Waals surface area contributed by atoms with Gasteiger partial charge < -0.3 is 24.5 Å². The standard InChI is InChI=1S/C23H22F2N4O3.C16H16BrFN4O3.C6H5FO/c1-27-21-20(22(31)28(23(27)32)11-4-12-30)29(14-15-7-9-17(24)10-8-15)19(26-21)13-16-5-2-3-6-18(16)25;1-20-13-12(14(24)21(16(20)25)7-2-8-23)22(15(17)19-13)9-10-3-5-11(18)6-4-10;7-5-3-1-2-4-6(5)8/h2-3,5-10,30H,4,11-14H2,1H3;3-6,23H,2,7-9H2,1H3;1-4,8H. The Hall–Kier alpha value is -6.90. The fourth-order valence-corrected chi connectivity index (χ4v) is 7.34. The van der Waals surface area contributed by atoms with Gasteiger partial charge in [-0.25, -0.2) is 37.1 Å². The molecule has 15 nitrogen and oxygen atoms in total. The molecule has 0 aliphatic heterocycles.